The average molecular weight is 304 g/mol. The number of carbonyl (C=O) groups is 2. The number of nitrogens with zero attached hydrogens (tertiary/aromatic N) is 1. The van der Waals surface area contributed by atoms with Crippen LogP contribution in [0.4, 0.5) is 0 Å². The predicted molar refractivity (Wildman–Crippen MR) is 72.0 cm³/mol. The van der Waals surface area contributed by atoms with E-state index in [2.05, 4.69) is 5.32 Å². The fourth-order valence-electron chi connectivity index (χ4n) is 2.90. The SMILES string of the molecule is CC1CCNC1C(=O)N(CC(=O)O)C1CCS(=O)(=O)C1. The number of sulfone groups is 1. The molecule has 0 aromatic rings. The molecule has 8 heteroatoms. The largest absolute Gasteiger partial charge is 0.480 e. The van der Waals surface area contributed by atoms with Crippen molar-refractivity contribution in [3.05, 3.63) is 0 Å². The molecule has 7 nitrogen and oxygen atoms in total. The molecular formula is C12H20N2O5S. The lowest BCUT2D eigenvalue weighted by Crippen LogP contribution is -2.52. The Kier molecular flexibility index (Phi) is 4.33. The van der Waals surface area contributed by atoms with Crippen LogP contribution in [-0.4, -0.2) is 67.0 Å². The molecule has 0 saturated carbocycles. The Labute approximate surface area is 118 Å². The summed E-state index contributed by atoms with van der Waals surface area (Å²) in [4.78, 5) is 24.7. The quantitative estimate of drug-likeness (QED) is 0.696. The van der Waals surface area contributed by atoms with Crippen LogP contribution in [0.5, 0.6) is 0 Å². The number of hydrogen-bond acceptors (Lipinski definition) is 5. The summed E-state index contributed by atoms with van der Waals surface area (Å²) in [6, 6.07) is -0.921. The van der Waals surface area contributed by atoms with Crippen molar-refractivity contribution >= 4 is 21.7 Å². The van der Waals surface area contributed by atoms with Gasteiger partial charge in [-0.15, -0.1) is 0 Å². The summed E-state index contributed by atoms with van der Waals surface area (Å²) >= 11 is 0. The van der Waals surface area contributed by atoms with Crippen molar-refractivity contribution < 1.29 is 23.1 Å². The van der Waals surface area contributed by atoms with Crippen LogP contribution in [-0.2, 0) is 19.4 Å². The molecule has 20 heavy (non-hydrogen) atoms. The van der Waals surface area contributed by atoms with Crippen LogP contribution in [0.15, 0.2) is 0 Å². The van der Waals surface area contributed by atoms with Crippen LogP contribution in [0, 0.1) is 5.92 Å². The van der Waals surface area contributed by atoms with Crippen molar-refractivity contribution in [3.63, 3.8) is 0 Å². The van der Waals surface area contributed by atoms with Gasteiger partial charge < -0.3 is 15.3 Å². The van der Waals surface area contributed by atoms with E-state index in [1.54, 1.807) is 0 Å². The minimum Gasteiger partial charge on any atom is -0.480 e. The molecule has 0 aromatic heterocycles. The first kappa shape index (κ1) is 15.2. The van der Waals surface area contributed by atoms with E-state index in [1.807, 2.05) is 6.92 Å². The van der Waals surface area contributed by atoms with Crippen LogP contribution in [0.1, 0.15) is 19.8 Å². The van der Waals surface area contributed by atoms with Crippen LogP contribution >= 0.6 is 0 Å². The number of aliphatic carboxylic acids is 1. The number of rotatable bonds is 4. The van der Waals surface area contributed by atoms with Gasteiger partial charge in [-0.05, 0) is 25.3 Å². The fourth-order valence-corrected chi connectivity index (χ4v) is 4.63. The third kappa shape index (κ3) is 3.29. The molecule has 2 aliphatic rings. The maximum atomic E-state index is 12.5. The Bertz CT molecular complexity index is 504. The summed E-state index contributed by atoms with van der Waals surface area (Å²) in [6.45, 7) is 2.22. The molecule has 2 aliphatic heterocycles. The zero-order valence-corrected chi connectivity index (χ0v) is 12.2. The molecule has 3 atom stereocenters. The second-order valence-corrected chi connectivity index (χ2v) is 7.84. The maximum absolute atomic E-state index is 12.5. The van der Waals surface area contributed by atoms with Gasteiger partial charge in [-0.1, -0.05) is 6.92 Å². The van der Waals surface area contributed by atoms with E-state index < -0.39 is 34.4 Å². The minimum absolute atomic E-state index is 0.0225. The number of carbonyl (C=O) groups excluding carboxylic acids is 1. The molecule has 2 N–H and O–H groups in total. The van der Waals surface area contributed by atoms with Crippen molar-refractivity contribution in [1.29, 1.82) is 0 Å². The van der Waals surface area contributed by atoms with E-state index in [1.165, 1.54) is 4.90 Å². The van der Waals surface area contributed by atoms with E-state index in [9.17, 15) is 18.0 Å². The zero-order chi connectivity index (χ0) is 14.9. The number of carboxylic acids is 1. The summed E-state index contributed by atoms with van der Waals surface area (Å²) in [7, 11) is -3.15. The van der Waals surface area contributed by atoms with E-state index in [0.717, 1.165) is 13.0 Å². The minimum atomic E-state index is -3.15. The van der Waals surface area contributed by atoms with Crippen molar-refractivity contribution in [1.82, 2.24) is 10.2 Å². The maximum Gasteiger partial charge on any atom is 0.323 e. The lowest BCUT2D eigenvalue weighted by atomic mass is 10.0. The number of nitrogens with one attached hydrogen (secondary N) is 1. The topological polar surface area (TPSA) is 104 Å². The molecule has 0 aliphatic carbocycles. The van der Waals surface area contributed by atoms with Gasteiger partial charge in [-0.25, -0.2) is 8.42 Å². The predicted octanol–water partition coefficient (Wildman–Crippen LogP) is -0.915. The Balaban J connectivity index is 2.15. The highest BCUT2D eigenvalue weighted by molar-refractivity contribution is 7.91. The lowest BCUT2D eigenvalue weighted by molar-refractivity contribution is -0.147. The Hall–Kier alpha value is -1.15. The van der Waals surface area contributed by atoms with Crippen molar-refractivity contribution in [2.24, 2.45) is 5.92 Å². The van der Waals surface area contributed by atoms with Gasteiger partial charge in [0.2, 0.25) is 5.91 Å². The molecule has 0 bridgehead atoms. The van der Waals surface area contributed by atoms with Crippen LogP contribution in [0.2, 0.25) is 0 Å². The number of hydrogen-bond donors (Lipinski definition) is 2. The first-order valence-electron chi connectivity index (χ1n) is 6.76. The Morgan fingerprint density at radius 3 is 2.50 bits per heavy atom. The summed E-state index contributed by atoms with van der Waals surface area (Å²) in [5.41, 5.74) is 0. The molecule has 114 valence electrons. The summed E-state index contributed by atoms with van der Waals surface area (Å²) in [6.07, 6.45) is 1.18. The Morgan fingerprint density at radius 2 is 2.05 bits per heavy atom. The highest BCUT2D eigenvalue weighted by Crippen LogP contribution is 2.22. The highest BCUT2D eigenvalue weighted by Gasteiger charge is 2.40. The number of carboxylic acid groups (broad SMARTS) is 1. The third-order valence-electron chi connectivity index (χ3n) is 4.04. The molecule has 3 unspecified atom stereocenters. The molecule has 2 heterocycles. The zero-order valence-electron chi connectivity index (χ0n) is 11.4. The van der Waals surface area contributed by atoms with Crippen LogP contribution < -0.4 is 5.32 Å². The number of amides is 1. The van der Waals surface area contributed by atoms with E-state index in [0.29, 0.717) is 6.42 Å². The first-order chi connectivity index (χ1) is 9.30. The second kappa shape index (κ2) is 5.69. The summed E-state index contributed by atoms with van der Waals surface area (Å²) in [5, 5.41) is 12.0. The normalized spacial score (nSPS) is 32.1. The molecule has 0 radical (unpaired) electrons. The summed E-state index contributed by atoms with van der Waals surface area (Å²) < 4.78 is 23.1. The van der Waals surface area contributed by atoms with E-state index in [4.69, 9.17) is 5.11 Å². The van der Waals surface area contributed by atoms with Gasteiger partial charge in [0.15, 0.2) is 9.84 Å². The van der Waals surface area contributed by atoms with E-state index >= 15 is 0 Å². The molecule has 2 fully saturated rings. The highest BCUT2D eigenvalue weighted by atomic mass is 32.2. The fraction of sp³-hybridized carbons (Fsp3) is 0.833. The van der Waals surface area contributed by atoms with Gasteiger partial charge >= 0.3 is 5.97 Å². The van der Waals surface area contributed by atoms with Crippen molar-refractivity contribution in [3.8, 4) is 0 Å². The van der Waals surface area contributed by atoms with Crippen LogP contribution in [0.25, 0.3) is 0 Å². The van der Waals surface area contributed by atoms with Gasteiger partial charge in [-0.2, -0.15) is 0 Å². The molecular weight excluding hydrogens is 284 g/mol. The van der Waals surface area contributed by atoms with Crippen molar-refractivity contribution in [2.75, 3.05) is 24.6 Å². The van der Waals surface area contributed by atoms with E-state index in [-0.39, 0.29) is 23.3 Å². The van der Waals surface area contributed by atoms with Gasteiger partial charge in [0, 0.05) is 6.04 Å². The third-order valence-corrected chi connectivity index (χ3v) is 5.79. The molecule has 1 amide bonds. The van der Waals surface area contributed by atoms with Gasteiger partial charge in [0.1, 0.15) is 6.54 Å². The monoisotopic (exact) mass is 304 g/mol. The first-order valence-corrected chi connectivity index (χ1v) is 8.58. The summed E-state index contributed by atoms with van der Waals surface area (Å²) in [5.74, 6) is -1.38. The van der Waals surface area contributed by atoms with Gasteiger partial charge in [-0.3, -0.25) is 9.59 Å². The van der Waals surface area contributed by atoms with Crippen molar-refractivity contribution in [2.45, 2.75) is 31.8 Å². The second-order valence-electron chi connectivity index (χ2n) is 5.61. The molecule has 2 saturated heterocycles. The van der Waals surface area contributed by atoms with Crippen LogP contribution in [0.3, 0.4) is 0 Å². The Morgan fingerprint density at radius 1 is 1.35 bits per heavy atom. The standard InChI is InChI=1S/C12H20N2O5S/c1-8-2-4-13-11(8)12(17)14(6-10(15)16)9-3-5-20(18,19)7-9/h8-9,11,13H,2-7H2,1H3,(H,15,16). The average Bonchev–Trinajstić information content (AvgIpc) is 2.91. The molecule has 2 rings (SSSR count). The molecule has 0 spiro atoms. The van der Waals surface area contributed by atoms with Gasteiger partial charge in [0.05, 0.1) is 17.5 Å². The lowest BCUT2D eigenvalue weighted by Gasteiger charge is -2.30. The van der Waals surface area contributed by atoms with Gasteiger partial charge in [0.25, 0.3) is 0 Å². The smallest absolute Gasteiger partial charge is 0.323 e. The molecule has 0 aromatic carbocycles.